The fourth-order valence-corrected chi connectivity index (χ4v) is 3.10. The van der Waals surface area contributed by atoms with Gasteiger partial charge in [0.2, 0.25) is 5.13 Å². The van der Waals surface area contributed by atoms with Gasteiger partial charge in [-0.25, -0.2) is 9.97 Å². The Morgan fingerprint density at radius 3 is 2.70 bits per heavy atom. The second-order valence-corrected chi connectivity index (χ2v) is 6.34. The van der Waals surface area contributed by atoms with Crippen LogP contribution in [0.4, 0.5) is 5.13 Å². The van der Waals surface area contributed by atoms with Crippen molar-refractivity contribution >= 4 is 28.2 Å². The van der Waals surface area contributed by atoms with E-state index in [1.807, 2.05) is 17.5 Å². The van der Waals surface area contributed by atoms with E-state index in [4.69, 9.17) is 17.2 Å². The molecule has 0 aliphatic heterocycles. The second kappa shape index (κ2) is 6.43. The predicted octanol–water partition coefficient (Wildman–Crippen LogP) is 1.48. The number of thiazole rings is 1. The maximum absolute atomic E-state index is 12.3. The Morgan fingerprint density at radius 2 is 2.04 bits per heavy atom. The molecule has 120 valence electrons. The Labute approximate surface area is 137 Å². The molecule has 2 heterocycles. The van der Waals surface area contributed by atoms with E-state index >= 15 is 0 Å². The summed E-state index contributed by atoms with van der Waals surface area (Å²) >= 11 is 1.31. The fraction of sp³-hybridized carbons (Fsp3) is 0.333. The molecule has 0 radical (unpaired) electrons. The van der Waals surface area contributed by atoms with Gasteiger partial charge < -0.3 is 17.2 Å². The van der Waals surface area contributed by atoms with Gasteiger partial charge in [0.15, 0.2) is 11.7 Å². The quantitative estimate of drug-likeness (QED) is 0.561. The SMILES string of the molecule is NC(N)=Nc1nc(-c2cccc(C(N)C(=O)C3CCC3)n2)cs1. The summed E-state index contributed by atoms with van der Waals surface area (Å²) in [5, 5.41) is 2.27. The third-order valence-electron chi connectivity index (χ3n) is 3.88. The van der Waals surface area contributed by atoms with Crippen LogP contribution in [-0.2, 0) is 4.79 Å². The zero-order valence-electron chi connectivity index (χ0n) is 12.5. The van der Waals surface area contributed by atoms with Crippen LogP contribution in [0.2, 0.25) is 0 Å². The molecule has 1 unspecified atom stereocenters. The average molecular weight is 330 g/mol. The van der Waals surface area contributed by atoms with Gasteiger partial charge >= 0.3 is 0 Å². The van der Waals surface area contributed by atoms with Gasteiger partial charge in [-0.2, -0.15) is 4.99 Å². The Hall–Kier alpha value is -2.32. The molecular weight excluding hydrogens is 312 g/mol. The lowest BCUT2D eigenvalue weighted by Gasteiger charge is -2.26. The number of carbonyl (C=O) groups excluding carboxylic acids is 1. The summed E-state index contributed by atoms with van der Waals surface area (Å²) in [4.78, 5) is 25.0. The van der Waals surface area contributed by atoms with E-state index in [1.54, 1.807) is 6.07 Å². The number of rotatable bonds is 5. The summed E-state index contributed by atoms with van der Waals surface area (Å²) in [6.07, 6.45) is 2.96. The molecule has 2 aromatic rings. The first-order valence-corrected chi connectivity index (χ1v) is 8.24. The Bertz CT molecular complexity index is 748. The zero-order valence-corrected chi connectivity index (χ0v) is 13.3. The van der Waals surface area contributed by atoms with Crippen molar-refractivity contribution in [3.63, 3.8) is 0 Å². The van der Waals surface area contributed by atoms with E-state index in [9.17, 15) is 4.79 Å². The number of hydrogen-bond acceptors (Lipinski definition) is 6. The van der Waals surface area contributed by atoms with Crippen molar-refractivity contribution in [2.24, 2.45) is 28.1 Å². The highest BCUT2D eigenvalue weighted by Gasteiger charge is 2.30. The molecule has 7 nitrogen and oxygen atoms in total. The number of guanidine groups is 1. The van der Waals surface area contributed by atoms with Crippen molar-refractivity contribution in [1.82, 2.24) is 9.97 Å². The van der Waals surface area contributed by atoms with E-state index in [2.05, 4.69) is 15.0 Å². The summed E-state index contributed by atoms with van der Waals surface area (Å²) in [7, 11) is 0. The van der Waals surface area contributed by atoms with E-state index in [1.165, 1.54) is 11.3 Å². The largest absolute Gasteiger partial charge is 0.370 e. The lowest BCUT2D eigenvalue weighted by Crippen LogP contribution is -2.32. The topological polar surface area (TPSA) is 133 Å². The van der Waals surface area contributed by atoms with Crippen molar-refractivity contribution in [3.05, 3.63) is 29.3 Å². The lowest BCUT2D eigenvalue weighted by molar-refractivity contribution is -0.126. The van der Waals surface area contributed by atoms with Crippen LogP contribution in [0.5, 0.6) is 0 Å². The van der Waals surface area contributed by atoms with E-state index in [0.29, 0.717) is 22.2 Å². The number of aromatic nitrogens is 2. The third kappa shape index (κ3) is 3.38. The minimum Gasteiger partial charge on any atom is -0.370 e. The molecule has 1 atom stereocenters. The molecule has 0 spiro atoms. The Kier molecular flexibility index (Phi) is 4.35. The molecule has 0 bridgehead atoms. The molecule has 6 N–H and O–H groups in total. The average Bonchev–Trinajstić information content (AvgIpc) is 2.92. The van der Waals surface area contributed by atoms with Gasteiger partial charge in [0.25, 0.3) is 0 Å². The molecule has 1 aliphatic carbocycles. The Morgan fingerprint density at radius 1 is 1.26 bits per heavy atom. The molecule has 1 fully saturated rings. The van der Waals surface area contributed by atoms with Crippen molar-refractivity contribution in [1.29, 1.82) is 0 Å². The summed E-state index contributed by atoms with van der Waals surface area (Å²) < 4.78 is 0. The van der Waals surface area contributed by atoms with Crippen molar-refractivity contribution in [2.75, 3.05) is 0 Å². The van der Waals surface area contributed by atoms with Crippen molar-refractivity contribution < 1.29 is 4.79 Å². The third-order valence-corrected chi connectivity index (χ3v) is 4.62. The summed E-state index contributed by atoms with van der Waals surface area (Å²) in [6, 6.07) is 4.73. The molecule has 0 amide bonds. The highest BCUT2D eigenvalue weighted by Crippen LogP contribution is 2.31. The molecule has 8 heteroatoms. The van der Waals surface area contributed by atoms with Gasteiger partial charge in [-0.1, -0.05) is 12.5 Å². The van der Waals surface area contributed by atoms with Crippen molar-refractivity contribution in [3.8, 4) is 11.4 Å². The molecular formula is C15H18N6OS. The van der Waals surface area contributed by atoms with Gasteiger partial charge in [0.05, 0.1) is 11.4 Å². The molecule has 2 aromatic heterocycles. The number of ketones is 1. The van der Waals surface area contributed by atoms with E-state index in [-0.39, 0.29) is 17.7 Å². The molecule has 0 aromatic carbocycles. The van der Waals surface area contributed by atoms with E-state index in [0.717, 1.165) is 19.3 Å². The van der Waals surface area contributed by atoms with Crippen molar-refractivity contribution in [2.45, 2.75) is 25.3 Å². The number of nitrogens with two attached hydrogens (primary N) is 3. The number of aliphatic imine (C=N–C) groups is 1. The standard InChI is InChI=1S/C15H18N6OS/c16-12(13(22)8-3-1-4-8)10-6-2-5-9(19-10)11-7-23-15(20-11)21-14(17)18/h2,5-8,12H,1,3-4,16H2,(H4,17,18,20,21). The van der Waals surface area contributed by atoms with Crippen LogP contribution in [-0.4, -0.2) is 21.7 Å². The van der Waals surface area contributed by atoms with Gasteiger partial charge in [-0.15, -0.1) is 11.3 Å². The lowest BCUT2D eigenvalue weighted by atomic mass is 9.79. The van der Waals surface area contributed by atoms with Gasteiger partial charge in [0.1, 0.15) is 11.7 Å². The molecule has 3 rings (SSSR count). The van der Waals surface area contributed by atoms with Crippen LogP contribution < -0.4 is 17.2 Å². The number of nitrogens with zero attached hydrogens (tertiary/aromatic N) is 3. The van der Waals surface area contributed by atoms with Crippen LogP contribution in [0.15, 0.2) is 28.6 Å². The van der Waals surface area contributed by atoms with Crippen LogP contribution in [0, 0.1) is 5.92 Å². The highest BCUT2D eigenvalue weighted by molar-refractivity contribution is 7.13. The van der Waals surface area contributed by atoms with Gasteiger partial charge in [-0.3, -0.25) is 4.79 Å². The fourth-order valence-electron chi connectivity index (χ4n) is 2.40. The molecule has 1 aliphatic rings. The van der Waals surface area contributed by atoms with Crippen LogP contribution >= 0.6 is 11.3 Å². The van der Waals surface area contributed by atoms with Crippen LogP contribution in [0.3, 0.4) is 0 Å². The number of carbonyl (C=O) groups is 1. The summed E-state index contributed by atoms with van der Waals surface area (Å²) in [6.45, 7) is 0. The van der Waals surface area contributed by atoms with E-state index < -0.39 is 6.04 Å². The monoisotopic (exact) mass is 330 g/mol. The first-order valence-electron chi connectivity index (χ1n) is 7.36. The number of pyridine rings is 1. The van der Waals surface area contributed by atoms with Gasteiger partial charge in [0, 0.05) is 11.3 Å². The minimum absolute atomic E-state index is 0.0410. The minimum atomic E-state index is -0.684. The first kappa shape index (κ1) is 15.6. The highest BCUT2D eigenvalue weighted by atomic mass is 32.1. The molecule has 1 saturated carbocycles. The molecule has 0 saturated heterocycles. The second-order valence-electron chi connectivity index (χ2n) is 5.51. The first-order chi connectivity index (χ1) is 11.0. The smallest absolute Gasteiger partial charge is 0.212 e. The maximum atomic E-state index is 12.3. The Balaban J connectivity index is 1.83. The molecule has 23 heavy (non-hydrogen) atoms. The summed E-state index contributed by atoms with van der Waals surface area (Å²) in [5.74, 6) is 0.115. The predicted molar refractivity (Wildman–Crippen MR) is 90.1 cm³/mol. The van der Waals surface area contributed by atoms with Gasteiger partial charge in [-0.05, 0) is 25.0 Å². The number of Topliss-reactive ketones (excluding diaryl/α,β-unsaturated/α-hetero) is 1. The summed E-state index contributed by atoms with van der Waals surface area (Å²) in [5.41, 5.74) is 18.6. The normalized spacial score (nSPS) is 15.7. The zero-order chi connectivity index (χ0) is 16.4. The maximum Gasteiger partial charge on any atom is 0.212 e. The van der Waals surface area contributed by atoms with Crippen LogP contribution in [0.1, 0.15) is 31.0 Å². The van der Waals surface area contributed by atoms with Crippen LogP contribution in [0.25, 0.3) is 11.4 Å². The number of hydrogen-bond donors (Lipinski definition) is 3.